The number of halogens is 1. The molecule has 164 valence electrons. The second-order valence-electron chi connectivity index (χ2n) is 7.94. The molecule has 2 aromatic carbocycles. The third kappa shape index (κ3) is 3.12. The highest BCUT2D eigenvalue weighted by atomic mass is 35.5. The van der Waals surface area contributed by atoms with Gasteiger partial charge < -0.3 is 15.6 Å². The van der Waals surface area contributed by atoms with Crippen LogP contribution in [0.2, 0.25) is 5.02 Å². The number of nitrogens with zero attached hydrogens (tertiary/aromatic N) is 6. The van der Waals surface area contributed by atoms with Crippen molar-refractivity contribution in [3.05, 3.63) is 76.1 Å². The number of aromatic nitrogens is 6. The van der Waals surface area contributed by atoms with Crippen LogP contribution in [-0.4, -0.2) is 36.0 Å². The van der Waals surface area contributed by atoms with E-state index >= 15 is 0 Å². The molecule has 1 saturated heterocycles. The number of rotatable bonds is 3. The van der Waals surface area contributed by atoms with E-state index in [1.807, 2.05) is 36.4 Å². The first-order valence-electron chi connectivity index (χ1n) is 10.6. The van der Waals surface area contributed by atoms with Gasteiger partial charge in [0, 0.05) is 6.54 Å². The zero-order valence-corrected chi connectivity index (χ0v) is 18.2. The van der Waals surface area contributed by atoms with E-state index in [4.69, 9.17) is 22.3 Å². The lowest BCUT2D eigenvalue weighted by Crippen LogP contribution is -2.32. The van der Waals surface area contributed by atoms with E-state index in [-0.39, 0.29) is 17.5 Å². The van der Waals surface area contributed by atoms with Gasteiger partial charge in [0.2, 0.25) is 5.95 Å². The van der Waals surface area contributed by atoms with Crippen LogP contribution in [0.25, 0.3) is 27.8 Å². The van der Waals surface area contributed by atoms with Gasteiger partial charge >= 0.3 is 0 Å². The molecule has 4 heterocycles. The Kier molecular flexibility index (Phi) is 4.51. The molecule has 0 aliphatic carbocycles. The Balaban J connectivity index is 1.62. The number of imidazole rings is 1. The van der Waals surface area contributed by atoms with E-state index in [0.29, 0.717) is 38.7 Å². The van der Waals surface area contributed by atoms with E-state index in [1.165, 1.54) is 0 Å². The van der Waals surface area contributed by atoms with Crippen molar-refractivity contribution in [2.75, 3.05) is 17.2 Å². The molecule has 1 aliphatic heterocycles. The molecule has 1 aliphatic rings. The van der Waals surface area contributed by atoms with Gasteiger partial charge in [-0.2, -0.15) is 9.97 Å². The van der Waals surface area contributed by atoms with Gasteiger partial charge in [0.1, 0.15) is 11.3 Å². The number of anilines is 2. The molecule has 3 aromatic heterocycles. The fraction of sp³-hybridized carbons (Fsp3) is 0.174. The number of nitrogen functional groups attached to an aromatic ring is 1. The van der Waals surface area contributed by atoms with Crippen LogP contribution in [-0.2, 0) is 0 Å². The predicted octanol–water partition coefficient (Wildman–Crippen LogP) is 3.63. The molecule has 1 fully saturated rings. The lowest BCUT2D eigenvalue weighted by Gasteiger charge is -2.28. The first-order chi connectivity index (χ1) is 16.1. The van der Waals surface area contributed by atoms with Crippen molar-refractivity contribution in [2.45, 2.75) is 18.9 Å². The summed E-state index contributed by atoms with van der Waals surface area (Å²) in [7, 11) is 0. The van der Waals surface area contributed by atoms with Crippen molar-refractivity contribution in [3.63, 3.8) is 0 Å². The summed E-state index contributed by atoms with van der Waals surface area (Å²) >= 11 is 6.42. The van der Waals surface area contributed by atoms with Crippen molar-refractivity contribution in [1.82, 2.24) is 29.5 Å². The zero-order valence-electron chi connectivity index (χ0n) is 17.4. The molecule has 3 N–H and O–H groups in total. The summed E-state index contributed by atoms with van der Waals surface area (Å²) in [6, 6.07) is 14.6. The van der Waals surface area contributed by atoms with Gasteiger partial charge in [0.15, 0.2) is 11.5 Å². The molecule has 6 rings (SSSR count). The smallest absolute Gasteiger partial charge is 0.267 e. The molecule has 9 nitrogen and oxygen atoms in total. The Morgan fingerprint density at radius 2 is 1.91 bits per heavy atom. The molecule has 0 amide bonds. The van der Waals surface area contributed by atoms with E-state index in [1.54, 1.807) is 23.0 Å². The van der Waals surface area contributed by atoms with E-state index in [9.17, 15) is 4.79 Å². The molecule has 10 heteroatoms. The molecule has 0 unspecified atom stereocenters. The summed E-state index contributed by atoms with van der Waals surface area (Å²) in [6.45, 7) is 0.730. The van der Waals surface area contributed by atoms with Gasteiger partial charge in [-0.3, -0.25) is 9.36 Å². The molecule has 33 heavy (non-hydrogen) atoms. The second kappa shape index (κ2) is 7.56. The van der Waals surface area contributed by atoms with Gasteiger partial charge in [-0.05, 0) is 37.1 Å². The van der Waals surface area contributed by atoms with Crippen molar-refractivity contribution in [3.8, 4) is 5.69 Å². The Hall–Kier alpha value is -3.98. The van der Waals surface area contributed by atoms with Crippen LogP contribution in [0.1, 0.15) is 24.7 Å². The number of benzene rings is 2. The Morgan fingerprint density at radius 1 is 1.06 bits per heavy atom. The van der Waals surface area contributed by atoms with Crippen LogP contribution in [0, 0.1) is 0 Å². The first-order valence-corrected chi connectivity index (χ1v) is 11.0. The molecule has 0 spiro atoms. The minimum absolute atomic E-state index is 0.147. The van der Waals surface area contributed by atoms with Crippen LogP contribution in [0.15, 0.2) is 59.7 Å². The van der Waals surface area contributed by atoms with Gasteiger partial charge in [-0.15, -0.1) is 0 Å². The van der Waals surface area contributed by atoms with Gasteiger partial charge in [0.05, 0.1) is 34.0 Å². The molecule has 0 bridgehead atoms. The van der Waals surface area contributed by atoms with Crippen LogP contribution >= 0.6 is 11.6 Å². The average molecular weight is 459 g/mol. The van der Waals surface area contributed by atoms with Gasteiger partial charge in [0.25, 0.3) is 5.56 Å². The number of aromatic amines is 1. The van der Waals surface area contributed by atoms with Crippen LogP contribution in [0.4, 0.5) is 11.8 Å². The number of H-pyrrole nitrogens is 1. The Morgan fingerprint density at radius 3 is 2.76 bits per heavy atom. The minimum Gasteiger partial charge on any atom is -0.368 e. The molecule has 1 atom stereocenters. The third-order valence-electron chi connectivity index (χ3n) is 5.99. The van der Waals surface area contributed by atoms with E-state index in [2.05, 4.69) is 24.8 Å². The van der Waals surface area contributed by atoms with Crippen molar-refractivity contribution in [1.29, 1.82) is 0 Å². The third-order valence-corrected chi connectivity index (χ3v) is 6.31. The summed E-state index contributed by atoms with van der Waals surface area (Å²) in [4.78, 5) is 36.9. The molecule has 5 aromatic rings. The van der Waals surface area contributed by atoms with Crippen LogP contribution in [0.5, 0.6) is 0 Å². The lowest BCUT2D eigenvalue weighted by atomic mass is 10.1. The predicted molar refractivity (Wildman–Crippen MR) is 128 cm³/mol. The fourth-order valence-corrected chi connectivity index (χ4v) is 4.84. The van der Waals surface area contributed by atoms with E-state index in [0.717, 1.165) is 25.1 Å². The molecular weight excluding hydrogens is 440 g/mol. The maximum Gasteiger partial charge on any atom is 0.267 e. The summed E-state index contributed by atoms with van der Waals surface area (Å²) in [5.74, 6) is 1.43. The molecular formula is C23H19ClN8O. The lowest BCUT2D eigenvalue weighted by molar-refractivity contribution is 0.634. The number of para-hydroxylation sites is 1. The maximum atomic E-state index is 13.8. The highest BCUT2D eigenvalue weighted by Gasteiger charge is 2.33. The monoisotopic (exact) mass is 458 g/mol. The number of hydrogen-bond donors (Lipinski definition) is 2. The number of fused-ring (bicyclic) bond motifs is 2. The SMILES string of the molecule is Nc1nc(N2CCC[C@H]2c2nc3cccc(Cl)c3c(=O)n2-c2ccccc2)c2[nH]cnc2n1. The summed E-state index contributed by atoms with van der Waals surface area (Å²) in [6.07, 6.45) is 3.27. The highest BCUT2D eigenvalue weighted by Crippen LogP contribution is 2.38. The molecule has 0 radical (unpaired) electrons. The highest BCUT2D eigenvalue weighted by molar-refractivity contribution is 6.35. The standard InChI is InChI=1S/C23H19ClN8O/c24-14-8-4-9-15-17(14)22(33)32(13-6-2-1-3-7-13)20(28-15)16-10-5-11-31(16)21-18-19(27-12-26-18)29-23(25)30-21/h1-4,6-9,12,16H,5,10-11H2,(H3,25,26,27,29,30)/t16-/m0/s1. The van der Waals surface area contributed by atoms with Gasteiger partial charge in [-0.25, -0.2) is 9.97 Å². The number of nitrogens with two attached hydrogens (primary N) is 1. The fourth-order valence-electron chi connectivity index (χ4n) is 4.59. The van der Waals surface area contributed by atoms with Crippen LogP contribution < -0.4 is 16.2 Å². The Bertz CT molecular complexity index is 1560. The normalized spacial score (nSPS) is 16.2. The first kappa shape index (κ1) is 19.7. The number of hydrogen-bond acceptors (Lipinski definition) is 7. The largest absolute Gasteiger partial charge is 0.368 e. The quantitative estimate of drug-likeness (QED) is 0.423. The van der Waals surface area contributed by atoms with Crippen molar-refractivity contribution in [2.24, 2.45) is 0 Å². The topological polar surface area (TPSA) is 119 Å². The zero-order chi connectivity index (χ0) is 22.5. The summed E-state index contributed by atoms with van der Waals surface area (Å²) in [5, 5.41) is 0.783. The second-order valence-corrected chi connectivity index (χ2v) is 8.35. The Labute approximate surface area is 192 Å². The van der Waals surface area contributed by atoms with Crippen LogP contribution in [0.3, 0.4) is 0 Å². The molecule has 0 saturated carbocycles. The van der Waals surface area contributed by atoms with E-state index < -0.39 is 0 Å². The maximum absolute atomic E-state index is 13.8. The average Bonchev–Trinajstić information content (AvgIpc) is 3.48. The summed E-state index contributed by atoms with van der Waals surface area (Å²) in [5.41, 5.74) is 8.28. The summed E-state index contributed by atoms with van der Waals surface area (Å²) < 4.78 is 1.66. The minimum atomic E-state index is -0.206. The van der Waals surface area contributed by atoms with Gasteiger partial charge in [-0.1, -0.05) is 35.9 Å². The van der Waals surface area contributed by atoms with Crippen molar-refractivity contribution < 1.29 is 0 Å². The van der Waals surface area contributed by atoms with Crippen molar-refractivity contribution >= 4 is 45.4 Å². The number of nitrogens with one attached hydrogen (secondary N) is 1.